The largest absolute Gasteiger partial charge is 0.357 e. The zero-order chi connectivity index (χ0) is 20.3. The lowest BCUT2D eigenvalue weighted by molar-refractivity contribution is 0.136. The van der Waals surface area contributed by atoms with Crippen LogP contribution in [0.15, 0.2) is 54.0 Å². The van der Waals surface area contributed by atoms with Crippen molar-refractivity contribution in [1.29, 1.82) is 5.26 Å². The van der Waals surface area contributed by atoms with Gasteiger partial charge in [-0.3, -0.25) is 4.90 Å². The number of fused-ring (bicyclic) bond motifs is 1. The molecule has 30 heavy (non-hydrogen) atoms. The maximum absolute atomic E-state index is 9.07. The minimum Gasteiger partial charge on any atom is -0.357 e. The molecule has 0 saturated carbocycles. The van der Waals surface area contributed by atoms with Gasteiger partial charge in [0.25, 0.3) is 0 Å². The Bertz CT molecular complexity index is 1170. The first-order valence-electron chi connectivity index (χ1n) is 10.2. The summed E-state index contributed by atoms with van der Waals surface area (Å²) in [6, 6.07) is 16.6. The third-order valence-electron chi connectivity index (χ3n) is 5.56. The van der Waals surface area contributed by atoms with Crippen LogP contribution in [0.3, 0.4) is 0 Å². The Labute approximate surface area is 179 Å². The van der Waals surface area contributed by atoms with Crippen molar-refractivity contribution in [2.75, 3.05) is 11.9 Å². The number of aromatic nitrogens is 3. The first-order chi connectivity index (χ1) is 14.8. The number of thiazole rings is 1. The van der Waals surface area contributed by atoms with Crippen LogP contribution >= 0.6 is 11.3 Å². The Morgan fingerprint density at radius 3 is 3.07 bits per heavy atom. The number of piperidine rings is 1. The summed E-state index contributed by atoms with van der Waals surface area (Å²) in [7, 11) is 0. The molecule has 0 aliphatic carbocycles. The molecule has 0 unspecified atom stereocenters. The van der Waals surface area contributed by atoms with E-state index >= 15 is 0 Å². The highest BCUT2D eigenvalue weighted by Gasteiger charge is 2.26. The van der Waals surface area contributed by atoms with Crippen molar-refractivity contribution in [2.24, 2.45) is 0 Å². The molecule has 1 fully saturated rings. The van der Waals surface area contributed by atoms with Gasteiger partial charge in [0.15, 0.2) is 5.13 Å². The van der Waals surface area contributed by atoms with E-state index in [-0.39, 0.29) is 0 Å². The highest BCUT2D eigenvalue weighted by molar-refractivity contribution is 7.13. The number of rotatable bonds is 5. The number of benzene rings is 1. The van der Waals surface area contributed by atoms with Crippen LogP contribution in [0.25, 0.3) is 10.9 Å². The van der Waals surface area contributed by atoms with E-state index < -0.39 is 0 Å². The maximum atomic E-state index is 9.07. The lowest BCUT2D eigenvalue weighted by Crippen LogP contribution is -2.33. The molecule has 0 bridgehead atoms. The van der Waals surface area contributed by atoms with Crippen LogP contribution in [0.4, 0.5) is 10.9 Å². The minimum atomic E-state index is 0.315. The molecule has 5 rings (SSSR count). The van der Waals surface area contributed by atoms with Gasteiger partial charge in [0.1, 0.15) is 5.82 Å². The van der Waals surface area contributed by atoms with Crippen LogP contribution in [0.5, 0.6) is 0 Å². The smallest absolute Gasteiger partial charge is 0.188 e. The molecule has 0 amide bonds. The molecule has 1 aliphatic rings. The molecule has 150 valence electrons. The Morgan fingerprint density at radius 1 is 1.23 bits per heavy atom. The fourth-order valence-corrected chi connectivity index (χ4v) is 4.89. The Morgan fingerprint density at radius 2 is 2.17 bits per heavy atom. The average molecular weight is 415 g/mol. The number of aromatic amines is 1. The van der Waals surface area contributed by atoms with E-state index in [0.29, 0.717) is 17.4 Å². The molecule has 1 atom stereocenters. The fourth-order valence-electron chi connectivity index (χ4n) is 4.13. The van der Waals surface area contributed by atoms with Crippen molar-refractivity contribution in [3.8, 4) is 6.07 Å². The van der Waals surface area contributed by atoms with Crippen LogP contribution in [-0.2, 0) is 6.54 Å². The number of nitrogens with zero attached hydrogens (tertiary/aromatic N) is 4. The maximum Gasteiger partial charge on any atom is 0.188 e. The van der Waals surface area contributed by atoms with Crippen LogP contribution in [0.2, 0.25) is 0 Å². The first kappa shape index (κ1) is 18.8. The zero-order valence-electron chi connectivity index (χ0n) is 16.5. The second-order valence-electron chi connectivity index (χ2n) is 7.61. The van der Waals surface area contributed by atoms with Gasteiger partial charge in [-0.2, -0.15) is 5.26 Å². The van der Waals surface area contributed by atoms with Crippen LogP contribution in [0, 0.1) is 11.3 Å². The van der Waals surface area contributed by atoms with Crippen molar-refractivity contribution in [3.63, 3.8) is 0 Å². The molecule has 4 aromatic rings. The van der Waals surface area contributed by atoms with Gasteiger partial charge in [-0.25, -0.2) is 9.97 Å². The monoisotopic (exact) mass is 414 g/mol. The Balaban J connectivity index is 1.33. The standard InChI is InChI=1S/C23H22N6S/c24-13-16-8-9-25-22(11-16)28-23-27-20(15-30-23)21-7-3-4-10-29(21)14-18-12-17-5-1-2-6-19(17)26-18/h1-2,5-6,8-9,11-12,15,21,26H,3-4,7,10,14H2,(H,25,27,28)/t21-/m1/s1. The SMILES string of the molecule is N#Cc1ccnc(Nc2nc([C@H]3CCCCN3Cc3cc4ccccc4[nH]3)cs2)c1. The number of likely N-dealkylation sites (tertiary alicyclic amines) is 1. The van der Waals surface area contributed by atoms with Crippen molar-refractivity contribution in [3.05, 3.63) is 71.0 Å². The number of anilines is 2. The number of pyridine rings is 1. The molecule has 7 heteroatoms. The normalized spacial score (nSPS) is 17.1. The molecule has 4 heterocycles. The molecule has 1 aliphatic heterocycles. The van der Waals surface area contributed by atoms with Crippen molar-refractivity contribution < 1.29 is 0 Å². The van der Waals surface area contributed by atoms with Crippen LogP contribution in [0.1, 0.15) is 42.3 Å². The average Bonchev–Trinajstić information content (AvgIpc) is 3.40. The number of hydrogen-bond donors (Lipinski definition) is 2. The van der Waals surface area contributed by atoms with Gasteiger partial charge in [-0.05, 0) is 49.0 Å². The molecule has 2 N–H and O–H groups in total. The second-order valence-corrected chi connectivity index (χ2v) is 8.47. The fraction of sp³-hybridized carbons (Fsp3) is 0.261. The molecule has 0 radical (unpaired) electrons. The van der Waals surface area contributed by atoms with Gasteiger partial charge in [0, 0.05) is 29.3 Å². The molecule has 1 aromatic carbocycles. The Kier molecular flexibility index (Phi) is 5.18. The summed E-state index contributed by atoms with van der Waals surface area (Å²) >= 11 is 1.58. The van der Waals surface area contributed by atoms with E-state index in [1.165, 1.54) is 29.4 Å². The second kappa shape index (κ2) is 8.27. The summed E-state index contributed by atoms with van der Waals surface area (Å²) in [6.07, 6.45) is 5.20. The summed E-state index contributed by atoms with van der Waals surface area (Å²) < 4.78 is 0. The molecular formula is C23H22N6S. The van der Waals surface area contributed by atoms with E-state index in [0.717, 1.165) is 30.3 Å². The summed E-state index contributed by atoms with van der Waals surface area (Å²) in [5.74, 6) is 0.647. The number of hydrogen-bond acceptors (Lipinski definition) is 6. The highest BCUT2D eigenvalue weighted by atomic mass is 32.1. The molecule has 3 aromatic heterocycles. The minimum absolute atomic E-state index is 0.315. The van der Waals surface area contributed by atoms with E-state index in [4.69, 9.17) is 10.2 Å². The summed E-state index contributed by atoms with van der Waals surface area (Å²) in [4.78, 5) is 15.2. The van der Waals surface area contributed by atoms with Gasteiger partial charge in [-0.1, -0.05) is 24.6 Å². The molecule has 6 nitrogen and oxygen atoms in total. The van der Waals surface area contributed by atoms with E-state index in [2.05, 4.69) is 62.0 Å². The van der Waals surface area contributed by atoms with E-state index in [9.17, 15) is 0 Å². The van der Waals surface area contributed by atoms with Gasteiger partial charge in [-0.15, -0.1) is 11.3 Å². The molecule has 0 spiro atoms. The predicted molar refractivity (Wildman–Crippen MR) is 120 cm³/mol. The lowest BCUT2D eigenvalue weighted by Gasteiger charge is -2.34. The van der Waals surface area contributed by atoms with Crippen LogP contribution < -0.4 is 5.32 Å². The van der Waals surface area contributed by atoms with Crippen molar-refractivity contribution in [2.45, 2.75) is 31.8 Å². The lowest BCUT2D eigenvalue weighted by atomic mass is 10.00. The number of nitriles is 1. The van der Waals surface area contributed by atoms with Gasteiger partial charge in [0.2, 0.25) is 0 Å². The third kappa shape index (κ3) is 3.92. The zero-order valence-corrected chi connectivity index (χ0v) is 17.3. The number of para-hydroxylation sites is 1. The number of nitrogens with one attached hydrogen (secondary N) is 2. The molecular weight excluding hydrogens is 392 g/mol. The van der Waals surface area contributed by atoms with E-state index in [1.807, 2.05) is 0 Å². The topological polar surface area (TPSA) is 80.6 Å². The van der Waals surface area contributed by atoms with E-state index in [1.54, 1.807) is 29.7 Å². The van der Waals surface area contributed by atoms with Gasteiger partial charge < -0.3 is 10.3 Å². The summed E-state index contributed by atoms with van der Waals surface area (Å²) in [5, 5.41) is 16.5. The molecule has 1 saturated heterocycles. The Hall–Kier alpha value is -3.21. The number of H-pyrrole nitrogens is 1. The summed E-state index contributed by atoms with van der Waals surface area (Å²) in [5.41, 5.74) is 4.12. The van der Waals surface area contributed by atoms with Crippen LogP contribution in [-0.4, -0.2) is 26.4 Å². The quantitative estimate of drug-likeness (QED) is 0.459. The summed E-state index contributed by atoms with van der Waals surface area (Å²) in [6.45, 7) is 1.97. The third-order valence-corrected chi connectivity index (χ3v) is 6.34. The van der Waals surface area contributed by atoms with Gasteiger partial charge >= 0.3 is 0 Å². The van der Waals surface area contributed by atoms with Crippen molar-refractivity contribution >= 4 is 33.2 Å². The first-order valence-corrected chi connectivity index (χ1v) is 11.1. The van der Waals surface area contributed by atoms with Crippen molar-refractivity contribution in [1.82, 2.24) is 19.9 Å². The van der Waals surface area contributed by atoms with Gasteiger partial charge in [0.05, 0.1) is 23.4 Å². The predicted octanol–water partition coefficient (Wildman–Crippen LogP) is 5.36. The highest BCUT2D eigenvalue weighted by Crippen LogP contribution is 2.34.